The molecule has 4 N–H and O–H groups in total. The van der Waals surface area contributed by atoms with E-state index in [9.17, 15) is 9.59 Å². The van der Waals surface area contributed by atoms with Crippen LogP contribution in [0.25, 0.3) is 10.9 Å². The number of fused-ring (bicyclic) bond motifs is 1. The molecule has 152 valence electrons. The summed E-state index contributed by atoms with van der Waals surface area (Å²) in [7, 11) is 2.78. The van der Waals surface area contributed by atoms with E-state index in [1.165, 1.54) is 20.4 Å². The number of hydrogen-bond donors (Lipinski definition) is 4. The molecule has 11 heteroatoms. The first kappa shape index (κ1) is 20.2. The molecule has 0 aliphatic rings. The number of pyridine rings is 1. The van der Waals surface area contributed by atoms with Crippen molar-refractivity contribution in [1.82, 2.24) is 20.5 Å². The molecular weight excluding hydrogens is 400 g/mol. The Morgan fingerprint density at radius 2 is 2.00 bits per heavy atom. The van der Waals surface area contributed by atoms with Gasteiger partial charge >= 0.3 is 12.1 Å². The number of halogens is 1. The van der Waals surface area contributed by atoms with Gasteiger partial charge in [0.15, 0.2) is 5.82 Å². The number of H-pyrrole nitrogens is 1. The Morgan fingerprint density at radius 1 is 1.21 bits per heavy atom. The molecule has 3 amide bonds. The van der Waals surface area contributed by atoms with Crippen LogP contribution in [0.3, 0.4) is 0 Å². The van der Waals surface area contributed by atoms with Crippen molar-refractivity contribution in [1.29, 1.82) is 0 Å². The van der Waals surface area contributed by atoms with E-state index in [1.807, 2.05) is 6.92 Å². The molecule has 1 atom stereocenters. The topological polar surface area (TPSA) is 130 Å². The van der Waals surface area contributed by atoms with Crippen LogP contribution in [0, 0.1) is 0 Å². The number of aromatic nitrogens is 3. The zero-order valence-electron chi connectivity index (χ0n) is 15.9. The summed E-state index contributed by atoms with van der Waals surface area (Å²) in [6.45, 7) is 1.83. The van der Waals surface area contributed by atoms with E-state index < -0.39 is 12.1 Å². The van der Waals surface area contributed by atoms with Gasteiger partial charge in [-0.1, -0.05) is 17.7 Å². The lowest BCUT2D eigenvalue weighted by molar-refractivity contribution is 0.187. The summed E-state index contributed by atoms with van der Waals surface area (Å²) in [6.07, 6.45) is 0.834. The Hall–Kier alpha value is -3.53. The number of hydrogen-bond acceptors (Lipinski definition) is 6. The summed E-state index contributed by atoms with van der Waals surface area (Å²) in [4.78, 5) is 27.8. The van der Waals surface area contributed by atoms with Gasteiger partial charge in [-0.05, 0) is 24.6 Å². The molecule has 2 aromatic heterocycles. The molecule has 0 saturated carbocycles. The highest BCUT2D eigenvalue weighted by Crippen LogP contribution is 2.28. The number of anilines is 2. The number of amides is 3. The van der Waals surface area contributed by atoms with Gasteiger partial charge in [0.25, 0.3) is 0 Å². The van der Waals surface area contributed by atoms with Gasteiger partial charge in [0.1, 0.15) is 11.6 Å². The Balaban J connectivity index is 1.67. The maximum atomic E-state index is 12.3. The van der Waals surface area contributed by atoms with Crippen LogP contribution >= 0.6 is 11.6 Å². The van der Waals surface area contributed by atoms with Crippen LogP contribution in [-0.2, 0) is 4.74 Å². The molecule has 3 rings (SSSR count). The second-order valence-electron chi connectivity index (χ2n) is 6.02. The molecule has 2 heterocycles. The van der Waals surface area contributed by atoms with Gasteiger partial charge in [-0.25, -0.2) is 14.6 Å². The molecule has 3 aromatic rings. The van der Waals surface area contributed by atoms with Crippen molar-refractivity contribution in [2.75, 3.05) is 24.9 Å². The molecule has 10 nitrogen and oxygen atoms in total. The van der Waals surface area contributed by atoms with Gasteiger partial charge in [0, 0.05) is 12.3 Å². The Kier molecular flexibility index (Phi) is 6.03. The molecular formula is C18H19ClN6O4. The lowest BCUT2D eigenvalue weighted by Gasteiger charge is -2.16. The minimum Gasteiger partial charge on any atom is -0.495 e. The zero-order chi connectivity index (χ0) is 21.0. The van der Waals surface area contributed by atoms with Crippen molar-refractivity contribution in [3.63, 3.8) is 0 Å². The predicted octanol–water partition coefficient (Wildman–Crippen LogP) is 3.68. The monoisotopic (exact) mass is 418 g/mol. The van der Waals surface area contributed by atoms with Crippen molar-refractivity contribution in [2.24, 2.45) is 0 Å². The van der Waals surface area contributed by atoms with Gasteiger partial charge in [-0.3, -0.25) is 15.7 Å². The lowest BCUT2D eigenvalue weighted by atomic mass is 10.1. The van der Waals surface area contributed by atoms with Crippen molar-refractivity contribution in [3.8, 4) is 5.75 Å². The number of aromatic amines is 1. The third kappa shape index (κ3) is 4.66. The van der Waals surface area contributed by atoms with Crippen molar-refractivity contribution < 1.29 is 19.1 Å². The molecule has 0 radical (unpaired) electrons. The summed E-state index contributed by atoms with van der Waals surface area (Å²) in [6, 6.07) is 6.14. The highest BCUT2D eigenvalue weighted by Gasteiger charge is 2.14. The number of nitrogens with zero attached hydrogens (tertiary/aromatic N) is 2. The standard InChI is InChI=1S/C18H19ClN6O4/c1-9(10-4-5-12(19)14(6-10)28-2)21-17(26)22-15-7-13-11(8-20-15)16(25-24-13)23-18(27)29-3/h4-9H,1-3H3,(H2,20,21,22,26)(H2,23,24,25,27)/t9-/m1/s1. The van der Waals surface area contributed by atoms with E-state index in [-0.39, 0.29) is 11.9 Å². The van der Waals surface area contributed by atoms with Crippen LogP contribution in [0.15, 0.2) is 30.5 Å². The predicted molar refractivity (Wildman–Crippen MR) is 108 cm³/mol. The van der Waals surface area contributed by atoms with Crippen molar-refractivity contribution >= 4 is 46.3 Å². The molecule has 1 aromatic carbocycles. The lowest BCUT2D eigenvalue weighted by Crippen LogP contribution is -2.31. The van der Waals surface area contributed by atoms with Crippen molar-refractivity contribution in [3.05, 3.63) is 41.0 Å². The van der Waals surface area contributed by atoms with Crippen LogP contribution < -0.4 is 20.7 Å². The zero-order valence-corrected chi connectivity index (χ0v) is 16.6. The number of carbonyl (C=O) groups excluding carboxylic acids is 2. The normalized spacial score (nSPS) is 11.6. The van der Waals surface area contributed by atoms with Crippen LogP contribution in [-0.4, -0.2) is 41.5 Å². The Bertz CT molecular complexity index is 1050. The summed E-state index contributed by atoms with van der Waals surface area (Å²) in [5.74, 6) is 1.12. The molecule has 0 aliphatic heterocycles. The number of urea groups is 1. The minimum atomic E-state index is -0.646. The number of benzene rings is 1. The fraction of sp³-hybridized carbons (Fsp3) is 0.222. The second kappa shape index (κ2) is 8.65. The van der Waals surface area contributed by atoms with E-state index >= 15 is 0 Å². The van der Waals surface area contributed by atoms with E-state index in [0.717, 1.165) is 5.56 Å². The third-order valence-corrected chi connectivity index (χ3v) is 4.43. The van der Waals surface area contributed by atoms with E-state index in [2.05, 4.69) is 35.9 Å². The van der Waals surface area contributed by atoms with Gasteiger partial charge < -0.3 is 14.8 Å². The van der Waals surface area contributed by atoms with Gasteiger partial charge in [0.05, 0.1) is 36.2 Å². The number of nitrogens with one attached hydrogen (secondary N) is 4. The minimum absolute atomic E-state index is 0.278. The summed E-state index contributed by atoms with van der Waals surface area (Å²) < 4.78 is 9.74. The number of methoxy groups -OCH3 is 2. The summed E-state index contributed by atoms with van der Waals surface area (Å²) in [5.41, 5.74) is 1.41. The maximum Gasteiger partial charge on any atom is 0.412 e. The maximum absolute atomic E-state index is 12.3. The van der Waals surface area contributed by atoms with E-state index in [0.29, 0.717) is 27.5 Å². The first-order chi connectivity index (χ1) is 13.9. The quantitative estimate of drug-likeness (QED) is 0.500. The number of rotatable bonds is 5. The Morgan fingerprint density at radius 3 is 2.72 bits per heavy atom. The average molecular weight is 419 g/mol. The van der Waals surface area contributed by atoms with Crippen LogP contribution in [0.1, 0.15) is 18.5 Å². The molecule has 0 unspecified atom stereocenters. The Labute approximate surface area is 170 Å². The first-order valence-electron chi connectivity index (χ1n) is 8.51. The number of carbonyl (C=O) groups is 2. The molecule has 29 heavy (non-hydrogen) atoms. The summed E-state index contributed by atoms with van der Waals surface area (Å²) >= 11 is 6.03. The highest BCUT2D eigenvalue weighted by atomic mass is 35.5. The van der Waals surface area contributed by atoms with Gasteiger partial charge in [-0.15, -0.1) is 0 Å². The fourth-order valence-corrected chi connectivity index (χ4v) is 2.80. The van der Waals surface area contributed by atoms with Crippen LogP contribution in [0.4, 0.5) is 21.2 Å². The third-order valence-electron chi connectivity index (χ3n) is 4.12. The van der Waals surface area contributed by atoms with Crippen molar-refractivity contribution in [2.45, 2.75) is 13.0 Å². The van der Waals surface area contributed by atoms with E-state index in [4.69, 9.17) is 16.3 Å². The average Bonchev–Trinajstić information content (AvgIpc) is 3.09. The van der Waals surface area contributed by atoms with Gasteiger partial charge in [-0.2, -0.15) is 5.10 Å². The summed E-state index contributed by atoms with van der Waals surface area (Å²) in [5, 5.41) is 15.7. The molecule has 0 spiro atoms. The van der Waals surface area contributed by atoms with Crippen LogP contribution in [0.5, 0.6) is 5.75 Å². The second-order valence-corrected chi connectivity index (χ2v) is 6.43. The molecule has 0 saturated heterocycles. The van der Waals surface area contributed by atoms with Crippen LogP contribution in [0.2, 0.25) is 5.02 Å². The first-order valence-corrected chi connectivity index (χ1v) is 8.89. The molecule has 0 fully saturated rings. The smallest absolute Gasteiger partial charge is 0.412 e. The fourth-order valence-electron chi connectivity index (χ4n) is 2.60. The highest BCUT2D eigenvalue weighted by molar-refractivity contribution is 6.32. The SMILES string of the molecule is COC(=O)Nc1n[nH]c2cc(NC(=O)N[C@H](C)c3ccc(Cl)c(OC)c3)ncc12. The van der Waals surface area contributed by atoms with E-state index in [1.54, 1.807) is 24.3 Å². The van der Waals surface area contributed by atoms with Gasteiger partial charge in [0.2, 0.25) is 0 Å². The molecule has 0 aliphatic carbocycles. The molecule has 0 bridgehead atoms. The largest absolute Gasteiger partial charge is 0.495 e. The number of ether oxygens (including phenoxy) is 2.